The van der Waals surface area contributed by atoms with Crippen molar-refractivity contribution in [2.75, 3.05) is 0 Å². The van der Waals surface area contributed by atoms with Crippen LogP contribution in [0.4, 0.5) is 8.78 Å². The third-order valence-corrected chi connectivity index (χ3v) is 6.32. The number of hydrogen-bond acceptors (Lipinski definition) is 4. The Morgan fingerprint density at radius 2 is 1.75 bits per heavy atom. The van der Waals surface area contributed by atoms with Crippen LogP contribution in [0.3, 0.4) is 0 Å². The predicted molar refractivity (Wildman–Crippen MR) is 98.9 cm³/mol. The van der Waals surface area contributed by atoms with Crippen LogP contribution in [0.15, 0.2) is 58.0 Å². The van der Waals surface area contributed by atoms with Gasteiger partial charge in [0.25, 0.3) is 0 Å². The van der Waals surface area contributed by atoms with Gasteiger partial charge in [-0.3, -0.25) is 0 Å². The number of sulfonamides is 1. The molecule has 0 unspecified atom stereocenters. The molecular weight excluding hydrogens is 386 g/mol. The highest BCUT2D eigenvalue weighted by molar-refractivity contribution is 7.89. The Morgan fingerprint density at radius 1 is 1.07 bits per heavy atom. The Hall–Kier alpha value is -2.58. The SMILES string of the molecule is CC1(C)[C@@H](c2ccc(S(N)(=O)=O)cc2)[C@@H]1c1nc(-c2cc(F)ccc2F)co1. The van der Waals surface area contributed by atoms with Crippen LogP contribution in [0.5, 0.6) is 0 Å². The molecule has 0 radical (unpaired) electrons. The summed E-state index contributed by atoms with van der Waals surface area (Å²) in [6, 6.07) is 9.57. The van der Waals surface area contributed by atoms with Gasteiger partial charge >= 0.3 is 0 Å². The summed E-state index contributed by atoms with van der Waals surface area (Å²) in [6.45, 7) is 4.09. The van der Waals surface area contributed by atoms with Crippen LogP contribution < -0.4 is 5.14 Å². The summed E-state index contributed by atoms with van der Waals surface area (Å²) in [7, 11) is -3.75. The number of aromatic nitrogens is 1. The van der Waals surface area contributed by atoms with E-state index in [2.05, 4.69) is 4.98 Å². The summed E-state index contributed by atoms with van der Waals surface area (Å²) in [6.07, 6.45) is 1.32. The van der Waals surface area contributed by atoms with Gasteiger partial charge in [0, 0.05) is 17.4 Å². The minimum Gasteiger partial charge on any atom is -0.448 e. The highest BCUT2D eigenvalue weighted by atomic mass is 32.2. The quantitative estimate of drug-likeness (QED) is 0.707. The highest BCUT2D eigenvalue weighted by Gasteiger charge is 2.61. The summed E-state index contributed by atoms with van der Waals surface area (Å²) in [5, 5.41) is 5.14. The Balaban J connectivity index is 1.64. The average Bonchev–Trinajstić information content (AvgIpc) is 2.97. The molecule has 8 heteroatoms. The lowest BCUT2D eigenvalue weighted by Gasteiger charge is -2.04. The van der Waals surface area contributed by atoms with Crippen LogP contribution in [0.2, 0.25) is 0 Å². The number of hydrogen-bond donors (Lipinski definition) is 1. The Bertz CT molecular complexity index is 1150. The first-order valence-corrected chi connectivity index (χ1v) is 10.2. The smallest absolute Gasteiger partial charge is 0.238 e. The van der Waals surface area contributed by atoms with Gasteiger partial charge in [-0.05, 0) is 41.3 Å². The zero-order valence-corrected chi connectivity index (χ0v) is 16.0. The Labute approximate surface area is 161 Å². The van der Waals surface area contributed by atoms with Crippen molar-refractivity contribution in [1.82, 2.24) is 4.98 Å². The number of rotatable bonds is 4. The highest BCUT2D eigenvalue weighted by Crippen LogP contribution is 2.69. The predicted octanol–water partition coefficient (Wildman–Crippen LogP) is 4.17. The number of primary sulfonamides is 1. The van der Waals surface area contributed by atoms with Crippen molar-refractivity contribution < 1.29 is 21.6 Å². The van der Waals surface area contributed by atoms with Gasteiger partial charge in [0.15, 0.2) is 5.89 Å². The minimum atomic E-state index is -3.75. The van der Waals surface area contributed by atoms with Crippen LogP contribution in [0.1, 0.15) is 37.1 Å². The molecule has 2 aromatic carbocycles. The molecule has 2 N–H and O–H groups in total. The fourth-order valence-corrected chi connectivity index (χ4v) is 4.35. The van der Waals surface area contributed by atoms with Crippen molar-refractivity contribution in [1.29, 1.82) is 0 Å². The molecule has 1 saturated carbocycles. The van der Waals surface area contributed by atoms with E-state index >= 15 is 0 Å². The van der Waals surface area contributed by atoms with Gasteiger partial charge < -0.3 is 4.42 Å². The van der Waals surface area contributed by atoms with Crippen molar-refractivity contribution in [2.45, 2.75) is 30.6 Å². The summed E-state index contributed by atoms with van der Waals surface area (Å²) in [4.78, 5) is 4.43. The second-order valence-electron chi connectivity index (χ2n) is 7.59. The molecule has 0 saturated heterocycles. The molecule has 28 heavy (non-hydrogen) atoms. The first-order chi connectivity index (χ1) is 13.1. The van der Waals surface area contributed by atoms with Gasteiger partial charge in [0.05, 0.1) is 4.90 Å². The number of benzene rings is 2. The van der Waals surface area contributed by atoms with Gasteiger partial charge in [-0.25, -0.2) is 27.3 Å². The van der Waals surface area contributed by atoms with E-state index in [-0.39, 0.29) is 33.4 Å². The molecular formula is C20H18F2N2O3S. The maximum Gasteiger partial charge on any atom is 0.238 e. The van der Waals surface area contributed by atoms with Crippen molar-refractivity contribution >= 4 is 10.0 Å². The summed E-state index contributed by atoms with van der Waals surface area (Å²) in [5.41, 5.74) is 1.02. The third kappa shape index (κ3) is 3.12. The first-order valence-electron chi connectivity index (χ1n) is 8.62. The van der Waals surface area contributed by atoms with Gasteiger partial charge in [0.1, 0.15) is 23.6 Å². The molecule has 2 atom stereocenters. The van der Waals surface area contributed by atoms with E-state index in [4.69, 9.17) is 9.56 Å². The lowest BCUT2D eigenvalue weighted by molar-refractivity contribution is 0.467. The first kappa shape index (κ1) is 18.8. The van der Waals surface area contributed by atoms with Gasteiger partial charge in [-0.2, -0.15) is 0 Å². The molecule has 1 fully saturated rings. The molecule has 146 valence electrons. The van der Waals surface area contributed by atoms with Crippen LogP contribution >= 0.6 is 0 Å². The zero-order chi connectivity index (χ0) is 20.3. The summed E-state index contributed by atoms with van der Waals surface area (Å²) >= 11 is 0. The number of nitrogens with zero attached hydrogens (tertiary/aromatic N) is 1. The zero-order valence-electron chi connectivity index (χ0n) is 15.2. The molecule has 0 amide bonds. The van der Waals surface area contributed by atoms with Gasteiger partial charge in [-0.1, -0.05) is 26.0 Å². The number of oxazole rings is 1. The topological polar surface area (TPSA) is 86.2 Å². The molecule has 3 aromatic rings. The molecule has 0 bridgehead atoms. The second-order valence-corrected chi connectivity index (χ2v) is 9.15. The molecule has 0 spiro atoms. The molecule has 1 heterocycles. The van der Waals surface area contributed by atoms with E-state index < -0.39 is 21.7 Å². The Kier molecular flexibility index (Phi) is 4.17. The minimum absolute atomic E-state index is 0.0440. The average molecular weight is 404 g/mol. The van der Waals surface area contributed by atoms with E-state index in [1.165, 1.54) is 18.4 Å². The maximum atomic E-state index is 14.0. The molecule has 0 aliphatic heterocycles. The van der Waals surface area contributed by atoms with Crippen molar-refractivity contribution in [2.24, 2.45) is 10.6 Å². The van der Waals surface area contributed by atoms with Crippen molar-refractivity contribution in [3.05, 3.63) is 71.8 Å². The van der Waals surface area contributed by atoms with E-state index in [1.54, 1.807) is 12.1 Å². The lowest BCUT2D eigenvalue weighted by atomic mass is 10.0. The second kappa shape index (κ2) is 6.22. The normalized spacial score (nSPS) is 20.9. The van der Waals surface area contributed by atoms with E-state index in [0.29, 0.717) is 5.89 Å². The van der Waals surface area contributed by atoms with Gasteiger partial charge in [0.2, 0.25) is 10.0 Å². The molecule has 1 aliphatic carbocycles. The molecule has 1 aliphatic rings. The summed E-state index contributed by atoms with van der Waals surface area (Å²) in [5.74, 6) is -0.722. The van der Waals surface area contributed by atoms with Crippen LogP contribution in [0, 0.1) is 17.0 Å². The third-order valence-electron chi connectivity index (χ3n) is 5.39. The van der Waals surface area contributed by atoms with Gasteiger partial charge in [-0.15, -0.1) is 0 Å². The fourth-order valence-electron chi connectivity index (χ4n) is 3.83. The van der Waals surface area contributed by atoms with Crippen molar-refractivity contribution in [3.8, 4) is 11.3 Å². The lowest BCUT2D eigenvalue weighted by Crippen LogP contribution is -2.11. The number of nitrogens with two attached hydrogens (primary N) is 1. The molecule has 1 aromatic heterocycles. The standard InChI is InChI=1S/C20H18F2N2O3S/c1-20(2)17(11-3-6-13(7-4-11)28(23,25)26)18(20)19-24-16(10-27-19)14-9-12(21)5-8-15(14)22/h3-10,17-18H,1-2H3,(H2,23,25,26)/t17-,18+/m0/s1. The molecule has 4 rings (SSSR count). The van der Waals surface area contributed by atoms with Crippen molar-refractivity contribution in [3.63, 3.8) is 0 Å². The molecule has 5 nitrogen and oxygen atoms in total. The Morgan fingerprint density at radius 3 is 2.39 bits per heavy atom. The maximum absolute atomic E-state index is 14.0. The van der Waals surface area contributed by atoms with Crippen LogP contribution in [-0.2, 0) is 10.0 Å². The summed E-state index contributed by atoms with van der Waals surface area (Å²) < 4.78 is 55.9. The van der Waals surface area contributed by atoms with Crippen LogP contribution in [0.25, 0.3) is 11.3 Å². The van der Waals surface area contributed by atoms with E-state index in [1.807, 2.05) is 13.8 Å². The van der Waals surface area contributed by atoms with E-state index in [9.17, 15) is 17.2 Å². The monoisotopic (exact) mass is 404 g/mol. The largest absolute Gasteiger partial charge is 0.448 e. The number of halogens is 2. The fraction of sp³-hybridized carbons (Fsp3) is 0.250. The van der Waals surface area contributed by atoms with Crippen LogP contribution in [-0.4, -0.2) is 13.4 Å². The van der Waals surface area contributed by atoms with E-state index in [0.717, 1.165) is 23.8 Å².